The second kappa shape index (κ2) is 10.6. The number of hydrogen-bond donors (Lipinski definition) is 1. The molecule has 0 bridgehead atoms. The van der Waals surface area contributed by atoms with Gasteiger partial charge in [-0.25, -0.2) is 14.5 Å². The van der Waals surface area contributed by atoms with Gasteiger partial charge in [-0.05, 0) is 24.5 Å². The normalized spacial score (nSPS) is 14.7. The van der Waals surface area contributed by atoms with E-state index >= 15 is 0 Å². The predicted molar refractivity (Wildman–Crippen MR) is 144 cm³/mol. The third-order valence-electron chi connectivity index (χ3n) is 6.94. The number of aromatic nitrogens is 6. The van der Waals surface area contributed by atoms with Gasteiger partial charge in [0, 0.05) is 63.3 Å². The molecule has 4 aromatic heterocycles. The van der Waals surface area contributed by atoms with Crippen LogP contribution in [0.3, 0.4) is 0 Å². The summed E-state index contributed by atoms with van der Waals surface area (Å²) in [5.74, 6) is 1.31. The third kappa shape index (κ3) is 4.95. The van der Waals surface area contributed by atoms with Crippen LogP contribution in [0.5, 0.6) is 0 Å². The molecule has 5 rings (SSSR count). The zero-order valence-corrected chi connectivity index (χ0v) is 21.9. The van der Waals surface area contributed by atoms with Gasteiger partial charge in [-0.2, -0.15) is 15.5 Å². The predicted octanol–water partition coefficient (Wildman–Crippen LogP) is 2.33. The fraction of sp³-hybridized carbons (Fsp3) is 0.407. The summed E-state index contributed by atoms with van der Waals surface area (Å²) in [5.41, 5.74) is 9.96. The first-order valence-electron chi connectivity index (χ1n) is 12.9. The Morgan fingerprint density at radius 2 is 1.87 bits per heavy atom. The Kier molecular flexibility index (Phi) is 7.07. The van der Waals surface area contributed by atoms with Crippen molar-refractivity contribution in [2.45, 2.75) is 20.3 Å². The monoisotopic (exact) mass is 512 g/mol. The maximum Gasteiger partial charge on any atom is 0.227 e. The van der Waals surface area contributed by atoms with E-state index in [0.717, 1.165) is 23.4 Å². The van der Waals surface area contributed by atoms with Crippen LogP contribution in [0.4, 0.5) is 5.82 Å². The maximum atomic E-state index is 12.9. The quantitative estimate of drug-likeness (QED) is 0.399. The van der Waals surface area contributed by atoms with Gasteiger partial charge in [0.15, 0.2) is 0 Å². The van der Waals surface area contributed by atoms with Gasteiger partial charge in [0.1, 0.15) is 23.0 Å². The van der Waals surface area contributed by atoms with Crippen LogP contribution in [0.15, 0.2) is 43.1 Å². The molecule has 2 N–H and O–H groups in total. The molecule has 1 fully saturated rings. The second-order valence-electron chi connectivity index (χ2n) is 10.1. The molecule has 0 spiro atoms. The summed E-state index contributed by atoms with van der Waals surface area (Å²) in [4.78, 5) is 26.7. The molecule has 11 heteroatoms. The molecule has 1 saturated heterocycles. The highest BCUT2D eigenvalue weighted by molar-refractivity contribution is 5.83. The first-order chi connectivity index (χ1) is 18.4. The van der Waals surface area contributed by atoms with E-state index < -0.39 is 0 Å². The number of nitrogens with zero attached hydrogens (tertiary/aromatic N) is 9. The summed E-state index contributed by atoms with van der Waals surface area (Å²) in [6, 6.07) is 6.15. The molecular weight excluding hydrogens is 480 g/mol. The average molecular weight is 513 g/mol. The van der Waals surface area contributed by atoms with Crippen LogP contribution in [0.2, 0.25) is 0 Å². The van der Waals surface area contributed by atoms with Crippen molar-refractivity contribution in [3.05, 3.63) is 48.7 Å². The number of carbonyl (C=O) groups excluding carboxylic acids is 1. The Hall–Kier alpha value is -4.30. The van der Waals surface area contributed by atoms with E-state index in [0.29, 0.717) is 61.1 Å². The smallest absolute Gasteiger partial charge is 0.227 e. The number of rotatable bonds is 7. The fourth-order valence-electron chi connectivity index (χ4n) is 4.98. The SMILES string of the molecule is CC(C)C[C@@H](CN)C(=O)N1CCN(c2ccc(-c3nc(-c4cnn(C)c4)cn4ncc(C#N)c34)cn2)CC1. The van der Waals surface area contributed by atoms with E-state index in [2.05, 4.69) is 35.0 Å². The van der Waals surface area contributed by atoms with Crippen molar-refractivity contribution in [1.82, 2.24) is 34.3 Å². The lowest BCUT2D eigenvalue weighted by Gasteiger charge is -2.37. The van der Waals surface area contributed by atoms with Crippen molar-refractivity contribution in [3.8, 4) is 28.6 Å². The van der Waals surface area contributed by atoms with Crippen molar-refractivity contribution in [2.24, 2.45) is 24.6 Å². The van der Waals surface area contributed by atoms with Gasteiger partial charge < -0.3 is 15.5 Å². The van der Waals surface area contributed by atoms with E-state index in [1.807, 2.05) is 30.3 Å². The molecule has 0 saturated carbocycles. The summed E-state index contributed by atoms with van der Waals surface area (Å²) < 4.78 is 3.40. The molecule has 0 radical (unpaired) electrons. The molecule has 0 aromatic carbocycles. The first-order valence-corrected chi connectivity index (χ1v) is 12.9. The molecular formula is C27H32N10O. The lowest BCUT2D eigenvalue weighted by Crippen LogP contribution is -2.51. The minimum absolute atomic E-state index is 0.118. The lowest BCUT2D eigenvalue weighted by molar-refractivity contribution is -0.136. The van der Waals surface area contributed by atoms with Crippen molar-refractivity contribution >= 4 is 17.2 Å². The maximum absolute atomic E-state index is 12.9. The van der Waals surface area contributed by atoms with E-state index in [4.69, 9.17) is 15.7 Å². The summed E-state index contributed by atoms with van der Waals surface area (Å²) in [6.45, 7) is 7.32. The Labute approximate surface area is 221 Å². The van der Waals surface area contributed by atoms with Crippen molar-refractivity contribution in [1.29, 1.82) is 5.26 Å². The van der Waals surface area contributed by atoms with E-state index in [1.165, 1.54) is 0 Å². The number of aryl methyl sites for hydroxylation is 1. The van der Waals surface area contributed by atoms with Gasteiger partial charge in [-0.15, -0.1) is 0 Å². The molecule has 11 nitrogen and oxygen atoms in total. The summed E-state index contributed by atoms with van der Waals surface area (Å²) in [7, 11) is 1.85. The molecule has 0 aliphatic carbocycles. The standard InChI is InChI=1S/C27H32N10O/c1-18(2)10-20(11-28)27(38)36-8-6-35(7-9-36)24-5-4-19(13-30-24)25-26-21(12-29)14-32-37(26)17-23(33-25)22-15-31-34(3)16-22/h4-5,13-18,20H,6-11,28H2,1-3H3/t20-/m0/s1. The molecule has 0 unspecified atom stereocenters. The van der Waals surface area contributed by atoms with Gasteiger partial charge in [0.25, 0.3) is 0 Å². The Balaban J connectivity index is 1.36. The Morgan fingerprint density at radius 3 is 2.47 bits per heavy atom. The first kappa shape index (κ1) is 25.4. The number of fused-ring (bicyclic) bond motifs is 1. The van der Waals surface area contributed by atoms with Crippen molar-refractivity contribution in [2.75, 3.05) is 37.6 Å². The highest BCUT2D eigenvalue weighted by Gasteiger charge is 2.27. The van der Waals surface area contributed by atoms with E-state index in [-0.39, 0.29) is 11.8 Å². The molecule has 5 heterocycles. The topological polar surface area (TPSA) is 134 Å². The lowest BCUT2D eigenvalue weighted by atomic mass is 9.95. The number of hydrogen-bond acceptors (Lipinski definition) is 8. The molecule has 1 aliphatic heterocycles. The molecule has 1 aliphatic rings. The number of carbonyl (C=O) groups is 1. The van der Waals surface area contributed by atoms with Crippen LogP contribution >= 0.6 is 0 Å². The van der Waals surface area contributed by atoms with Crippen molar-refractivity contribution in [3.63, 3.8) is 0 Å². The van der Waals surface area contributed by atoms with Gasteiger partial charge >= 0.3 is 0 Å². The molecule has 196 valence electrons. The zero-order valence-electron chi connectivity index (χ0n) is 21.9. The van der Waals surface area contributed by atoms with Crippen LogP contribution in [-0.2, 0) is 11.8 Å². The van der Waals surface area contributed by atoms with E-state index in [1.54, 1.807) is 34.0 Å². The Morgan fingerprint density at radius 1 is 1.08 bits per heavy atom. The molecule has 4 aromatic rings. The molecule has 38 heavy (non-hydrogen) atoms. The van der Waals surface area contributed by atoms with Gasteiger partial charge in [-0.1, -0.05) is 13.8 Å². The molecule has 1 atom stereocenters. The zero-order chi connectivity index (χ0) is 26.8. The van der Waals surface area contributed by atoms with Gasteiger partial charge in [0.05, 0.1) is 35.9 Å². The highest BCUT2D eigenvalue weighted by atomic mass is 16.2. The highest BCUT2D eigenvalue weighted by Crippen LogP contribution is 2.29. The largest absolute Gasteiger partial charge is 0.353 e. The van der Waals surface area contributed by atoms with Gasteiger partial charge in [0.2, 0.25) is 5.91 Å². The van der Waals surface area contributed by atoms with Gasteiger partial charge in [-0.3, -0.25) is 9.48 Å². The fourth-order valence-corrected chi connectivity index (χ4v) is 4.98. The van der Waals surface area contributed by atoms with Crippen LogP contribution in [0.25, 0.3) is 28.0 Å². The number of nitrogens with two attached hydrogens (primary N) is 1. The summed E-state index contributed by atoms with van der Waals surface area (Å²) in [5, 5.41) is 18.3. The third-order valence-corrected chi connectivity index (χ3v) is 6.94. The summed E-state index contributed by atoms with van der Waals surface area (Å²) >= 11 is 0. The number of nitriles is 1. The van der Waals surface area contributed by atoms with E-state index in [9.17, 15) is 10.1 Å². The van der Waals surface area contributed by atoms with Crippen LogP contribution in [0.1, 0.15) is 25.8 Å². The second-order valence-corrected chi connectivity index (χ2v) is 10.1. The Bertz CT molecular complexity index is 1470. The van der Waals surface area contributed by atoms with Crippen molar-refractivity contribution < 1.29 is 4.79 Å². The average Bonchev–Trinajstić information content (AvgIpc) is 3.57. The number of piperazine rings is 1. The number of amides is 1. The van der Waals surface area contributed by atoms with Crippen LogP contribution in [-0.4, -0.2) is 72.9 Å². The number of anilines is 1. The van der Waals surface area contributed by atoms with Crippen LogP contribution < -0.4 is 10.6 Å². The summed E-state index contributed by atoms with van der Waals surface area (Å²) in [6.07, 6.45) is 9.58. The minimum atomic E-state index is -0.118. The number of pyridine rings is 1. The minimum Gasteiger partial charge on any atom is -0.353 e. The van der Waals surface area contributed by atoms with Crippen LogP contribution in [0, 0.1) is 23.2 Å². The molecule has 1 amide bonds.